The van der Waals surface area contributed by atoms with Gasteiger partial charge in [0.05, 0.1) is 0 Å². The lowest BCUT2D eigenvalue weighted by Crippen LogP contribution is -2.40. The minimum atomic E-state index is 0.282. The Balaban J connectivity index is 2.20. The topological polar surface area (TPSA) is 26.0 Å². The fourth-order valence-electron chi connectivity index (χ4n) is 0.485. The monoisotopic (exact) mass is 105 g/mol. The molecule has 1 aliphatic rings. The molecule has 2 N–H and O–H groups in total. The zero-order valence-corrected chi connectivity index (χ0v) is 4.28. The fourth-order valence-corrected chi connectivity index (χ4v) is 0.737. The highest BCUT2D eigenvalue weighted by atomic mass is 35.5. The molecule has 6 heavy (non-hydrogen) atoms. The van der Waals surface area contributed by atoms with E-state index in [4.69, 9.17) is 17.3 Å². The molecule has 1 aliphatic carbocycles. The third-order valence-electron chi connectivity index (χ3n) is 1.24. The first-order chi connectivity index (χ1) is 2.80. The first-order valence-electron chi connectivity index (χ1n) is 2.20. The molecular formula is C4H8ClN. The Morgan fingerprint density at radius 3 is 2.00 bits per heavy atom. The van der Waals surface area contributed by atoms with Gasteiger partial charge in [0, 0.05) is 11.4 Å². The Bertz CT molecular complexity index is 47.5. The first kappa shape index (κ1) is 4.41. The van der Waals surface area contributed by atoms with Gasteiger partial charge in [-0.3, -0.25) is 0 Å². The van der Waals surface area contributed by atoms with Crippen molar-refractivity contribution in [1.82, 2.24) is 0 Å². The van der Waals surface area contributed by atoms with Gasteiger partial charge in [-0.15, -0.1) is 11.6 Å². The van der Waals surface area contributed by atoms with E-state index in [0.717, 1.165) is 12.8 Å². The normalized spacial score (nSPS) is 45.0. The molecule has 0 aliphatic heterocycles. The highest BCUT2D eigenvalue weighted by Crippen LogP contribution is 2.22. The van der Waals surface area contributed by atoms with E-state index in [1.165, 1.54) is 0 Å². The van der Waals surface area contributed by atoms with Crippen molar-refractivity contribution in [3.63, 3.8) is 0 Å². The second kappa shape index (κ2) is 1.39. The Morgan fingerprint density at radius 1 is 1.50 bits per heavy atom. The highest BCUT2D eigenvalue weighted by Gasteiger charge is 2.23. The number of hydrogen-bond acceptors (Lipinski definition) is 1. The Morgan fingerprint density at radius 2 is 2.00 bits per heavy atom. The molecule has 2 heteroatoms. The van der Waals surface area contributed by atoms with E-state index in [1.807, 2.05) is 0 Å². The molecule has 0 bridgehead atoms. The summed E-state index contributed by atoms with van der Waals surface area (Å²) in [6.07, 6.45) is 2.23. The van der Waals surface area contributed by atoms with Gasteiger partial charge in [0.15, 0.2) is 0 Å². The Kier molecular flexibility index (Phi) is 1.02. The zero-order valence-electron chi connectivity index (χ0n) is 3.52. The largest absolute Gasteiger partial charge is 0.326 e. The average Bonchev–Trinajstić information content (AvgIpc) is 1.61. The van der Waals surface area contributed by atoms with Crippen molar-refractivity contribution < 1.29 is 0 Å². The molecule has 0 aromatic heterocycles. The summed E-state index contributed by atoms with van der Waals surface area (Å²) < 4.78 is 0. The molecule has 2 unspecified atom stereocenters. The van der Waals surface area contributed by atoms with Crippen LogP contribution in [0.1, 0.15) is 12.8 Å². The maximum Gasteiger partial charge on any atom is 0.0487 e. The molecule has 0 aromatic rings. The smallest absolute Gasteiger partial charge is 0.0487 e. The molecule has 1 nitrogen and oxygen atoms in total. The summed E-state index contributed by atoms with van der Waals surface area (Å²) in [7, 11) is 0. The maximum absolute atomic E-state index is 5.57. The standard InChI is InChI=1S/C4H8ClN/c5-3-1-2-4(3)6/h3-4H,1-2,6H2. The minimum absolute atomic E-state index is 0.282. The number of alkyl halides is 1. The zero-order chi connectivity index (χ0) is 4.57. The second-order valence-corrected chi connectivity index (χ2v) is 2.32. The lowest BCUT2D eigenvalue weighted by atomic mass is 9.94. The van der Waals surface area contributed by atoms with E-state index in [-0.39, 0.29) is 5.38 Å². The molecule has 1 saturated carbocycles. The van der Waals surface area contributed by atoms with Crippen molar-refractivity contribution in [1.29, 1.82) is 0 Å². The van der Waals surface area contributed by atoms with Crippen LogP contribution in [0.15, 0.2) is 0 Å². The van der Waals surface area contributed by atoms with Gasteiger partial charge in [-0.05, 0) is 12.8 Å². The molecule has 0 saturated heterocycles. The summed E-state index contributed by atoms with van der Waals surface area (Å²) in [5.74, 6) is 0. The molecule has 0 spiro atoms. The summed E-state index contributed by atoms with van der Waals surface area (Å²) >= 11 is 5.57. The van der Waals surface area contributed by atoms with Gasteiger partial charge in [-0.2, -0.15) is 0 Å². The lowest BCUT2D eigenvalue weighted by Gasteiger charge is -2.27. The van der Waals surface area contributed by atoms with Crippen molar-refractivity contribution in [2.24, 2.45) is 5.73 Å². The molecule has 1 fully saturated rings. The SMILES string of the molecule is NC1CCC1Cl. The quantitative estimate of drug-likeness (QED) is 0.452. The van der Waals surface area contributed by atoms with Gasteiger partial charge >= 0.3 is 0 Å². The van der Waals surface area contributed by atoms with E-state index in [0.29, 0.717) is 6.04 Å². The summed E-state index contributed by atoms with van der Waals surface area (Å²) in [6.45, 7) is 0. The maximum atomic E-state index is 5.57. The van der Waals surface area contributed by atoms with E-state index < -0.39 is 0 Å². The van der Waals surface area contributed by atoms with Crippen LogP contribution in [-0.2, 0) is 0 Å². The fraction of sp³-hybridized carbons (Fsp3) is 1.00. The molecule has 0 heterocycles. The molecule has 0 aromatic carbocycles. The van der Waals surface area contributed by atoms with Crippen molar-refractivity contribution in [3.8, 4) is 0 Å². The Hall–Kier alpha value is 0.250. The molecule has 1 rings (SSSR count). The van der Waals surface area contributed by atoms with E-state index in [2.05, 4.69) is 0 Å². The lowest BCUT2D eigenvalue weighted by molar-refractivity contribution is 0.427. The molecule has 2 atom stereocenters. The summed E-state index contributed by atoms with van der Waals surface area (Å²) in [5, 5.41) is 0.282. The van der Waals surface area contributed by atoms with Crippen molar-refractivity contribution in [2.45, 2.75) is 24.3 Å². The molecule has 0 amide bonds. The highest BCUT2D eigenvalue weighted by molar-refractivity contribution is 6.21. The van der Waals surface area contributed by atoms with Crippen LogP contribution in [0.2, 0.25) is 0 Å². The van der Waals surface area contributed by atoms with Gasteiger partial charge in [0.1, 0.15) is 0 Å². The second-order valence-electron chi connectivity index (χ2n) is 1.76. The van der Waals surface area contributed by atoms with Gasteiger partial charge in [0.25, 0.3) is 0 Å². The van der Waals surface area contributed by atoms with E-state index in [1.54, 1.807) is 0 Å². The van der Waals surface area contributed by atoms with Crippen LogP contribution in [-0.4, -0.2) is 11.4 Å². The number of hydrogen-bond donors (Lipinski definition) is 1. The van der Waals surface area contributed by atoms with Gasteiger partial charge in [-0.25, -0.2) is 0 Å². The molecular weight excluding hydrogens is 97.5 g/mol. The van der Waals surface area contributed by atoms with Crippen LogP contribution < -0.4 is 5.73 Å². The minimum Gasteiger partial charge on any atom is -0.326 e. The van der Waals surface area contributed by atoms with Crippen LogP contribution in [0.4, 0.5) is 0 Å². The summed E-state index contributed by atoms with van der Waals surface area (Å²) in [5.41, 5.74) is 5.39. The van der Waals surface area contributed by atoms with Crippen LogP contribution in [0.5, 0.6) is 0 Å². The number of halogens is 1. The van der Waals surface area contributed by atoms with Crippen LogP contribution in [0.3, 0.4) is 0 Å². The molecule has 0 radical (unpaired) electrons. The number of nitrogens with two attached hydrogens (primary N) is 1. The van der Waals surface area contributed by atoms with Crippen molar-refractivity contribution >= 4 is 11.6 Å². The van der Waals surface area contributed by atoms with Crippen LogP contribution >= 0.6 is 11.6 Å². The third-order valence-corrected chi connectivity index (χ3v) is 1.78. The van der Waals surface area contributed by atoms with E-state index in [9.17, 15) is 0 Å². The Labute approximate surface area is 42.5 Å². The summed E-state index contributed by atoms with van der Waals surface area (Å²) in [6, 6.07) is 0.298. The van der Waals surface area contributed by atoms with Crippen LogP contribution in [0.25, 0.3) is 0 Å². The predicted molar refractivity (Wildman–Crippen MR) is 26.9 cm³/mol. The van der Waals surface area contributed by atoms with Crippen molar-refractivity contribution in [2.75, 3.05) is 0 Å². The van der Waals surface area contributed by atoms with E-state index >= 15 is 0 Å². The van der Waals surface area contributed by atoms with Gasteiger partial charge in [-0.1, -0.05) is 0 Å². The number of rotatable bonds is 0. The van der Waals surface area contributed by atoms with Crippen molar-refractivity contribution in [3.05, 3.63) is 0 Å². The average molecular weight is 106 g/mol. The summed E-state index contributed by atoms with van der Waals surface area (Å²) in [4.78, 5) is 0. The first-order valence-corrected chi connectivity index (χ1v) is 2.64. The van der Waals surface area contributed by atoms with Crippen LogP contribution in [0, 0.1) is 0 Å². The molecule has 36 valence electrons. The predicted octanol–water partition coefficient (Wildman–Crippen LogP) is 0.715. The van der Waals surface area contributed by atoms with Gasteiger partial charge in [0.2, 0.25) is 0 Å². The van der Waals surface area contributed by atoms with Gasteiger partial charge < -0.3 is 5.73 Å². The third kappa shape index (κ3) is 0.525.